The van der Waals surface area contributed by atoms with E-state index in [2.05, 4.69) is 15.8 Å². The summed E-state index contributed by atoms with van der Waals surface area (Å²) in [4.78, 5) is 36.9. The molecule has 0 spiro atoms. The fraction of sp³-hybridized carbons (Fsp3) is 0.0370. The monoisotopic (exact) mass is 485 g/mol. The largest absolute Gasteiger partial charge is 0.422 e. The van der Waals surface area contributed by atoms with Crippen molar-refractivity contribution >= 4 is 46.4 Å². The minimum Gasteiger partial charge on any atom is -0.422 e. The van der Waals surface area contributed by atoms with Crippen LogP contribution in [-0.2, 0) is 4.79 Å². The molecule has 0 unspecified atom stereocenters. The summed E-state index contributed by atoms with van der Waals surface area (Å²) in [6.45, 7) is -0.274. The molecular formula is C27H20ClN3O4. The topological polar surface area (TPSA) is 96.9 Å². The molecule has 0 aliphatic rings. The highest BCUT2D eigenvalue weighted by Gasteiger charge is 2.13. The first kappa shape index (κ1) is 23.7. The van der Waals surface area contributed by atoms with Gasteiger partial charge in [-0.3, -0.25) is 9.59 Å². The Morgan fingerprint density at radius 1 is 0.829 bits per heavy atom. The van der Waals surface area contributed by atoms with Crippen LogP contribution in [0.2, 0.25) is 5.02 Å². The molecule has 2 N–H and O–H groups in total. The Hall–Kier alpha value is -4.49. The van der Waals surface area contributed by atoms with Gasteiger partial charge in [0.1, 0.15) is 5.75 Å². The van der Waals surface area contributed by atoms with E-state index >= 15 is 0 Å². The number of esters is 1. The third-order valence-corrected chi connectivity index (χ3v) is 5.29. The number of hydrogen-bond acceptors (Lipinski definition) is 5. The van der Waals surface area contributed by atoms with Crippen LogP contribution in [0.1, 0.15) is 26.3 Å². The maximum Gasteiger partial charge on any atom is 0.343 e. The van der Waals surface area contributed by atoms with Gasteiger partial charge in [-0.25, -0.2) is 10.2 Å². The van der Waals surface area contributed by atoms with Crippen molar-refractivity contribution in [3.05, 3.63) is 113 Å². The average molecular weight is 486 g/mol. The Balaban J connectivity index is 1.46. The number of hydrogen-bond donors (Lipinski definition) is 2. The lowest BCUT2D eigenvalue weighted by atomic mass is 10.0. The number of nitrogens with one attached hydrogen (secondary N) is 2. The van der Waals surface area contributed by atoms with Gasteiger partial charge in [-0.05, 0) is 53.2 Å². The van der Waals surface area contributed by atoms with Crippen molar-refractivity contribution in [3.8, 4) is 5.75 Å². The maximum atomic E-state index is 12.6. The van der Waals surface area contributed by atoms with E-state index in [0.717, 1.165) is 10.8 Å². The molecule has 4 aromatic carbocycles. The number of amides is 2. The Morgan fingerprint density at radius 2 is 1.54 bits per heavy atom. The summed E-state index contributed by atoms with van der Waals surface area (Å²) in [6, 6.07) is 26.0. The smallest absolute Gasteiger partial charge is 0.343 e. The zero-order valence-electron chi connectivity index (χ0n) is 18.4. The molecule has 0 saturated heterocycles. The Kier molecular flexibility index (Phi) is 7.50. The normalized spacial score (nSPS) is 10.8. The fourth-order valence-corrected chi connectivity index (χ4v) is 3.43. The highest BCUT2D eigenvalue weighted by molar-refractivity contribution is 6.30. The highest BCUT2D eigenvalue weighted by atomic mass is 35.5. The SMILES string of the molecule is O=C(CNC(=O)c1ccc(Cl)cc1)N/N=C\c1c(OC(=O)c2ccccc2)ccc2ccccc12. The summed E-state index contributed by atoms with van der Waals surface area (Å²) in [5.74, 6) is -1.15. The third-order valence-electron chi connectivity index (χ3n) is 5.04. The molecule has 0 heterocycles. The minimum absolute atomic E-state index is 0.274. The third kappa shape index (κ3) is 6.10. The molecule has 0 fully saturated rings. The fourth-order valence-electron chi connectivity index (χ4n) is 3.30. The van der Waals surface area contributed by atoms with E-state index in [1.54, 1.807) is 54.6 Å². The number of fused-ring (bicyclic) bond motifs is 1. The van der Waals surface area contributed by atoms with E-state index in [-0.39, 0.29) is 6.54 Å². The van der Waals surface area contributed by atoms with Crippen molar-refractivity contribution in [2.75, 3.05) is 6.54 Å². The first-order valence-electron chi connectivity index (χ1n) is 10.7. The zero-order valence-corrected chi connectivity index (χ0v) is 19.2. The second-order valence-corrected chi connectivity index (χ2v) is 7.87. The van der Waals surface area contributed by atoms with Crippen molar-refractivity contribution in [2.45, 2.75) is 0 Å². The minimum atomic E-state index is -0.522. The average Bonchev–Trinajstić information content (AvgIpc) is 2.89. The van der Waals surface area contributed by atoms with Gasteiger partial charge < -0.3 is 10.1 Å². The Morgan fingerprint density at radius 3 is 2.31 bits per heavy atom. The number of benzene rings is 4. The van der Waals surface area contributed by atoms with Gasteiger partial charge in [0.15, 0.2) is 0 Å². The lowest BCUT2D eigenvalue weighted by Gasteiger charge is -2.10. The standard InChI is InChI=1S/C27H20ClN3O4/c28-21-13-10-19(11-14-21)26(33)29-17-25(32)31-30-16-23-22-9-5-4-6-18(22)12-15-24(23)35-27(34)20-7-2-1-3-8-20/h1-16H,17H2,(H,29,33)(H,31,32)/b30-16-. The summed E-state index contributed by atoms with van der Waals surface area (Å²) in [7, 11) is 0. The van der Waals surface area contributed by atoms with Crippen molar-refractivity contribution < 1.29 is 19.1 Å². The first-order valence-corrected chi connectivity index (χ1v) is 11.0. The molecule has 4 rings (SSSR count). The number of carbonyl (C=O) groups excluding carboxylic acids is 3. The molecular weight excluding hydrogens is 466 g/mol. The lowest BCUT2D eigenvalue weighted by molar-refractivity contribution is -0.120. The maximum absolute atomic E-state index is 12.6. The van der Waals surface area contributed by atoms with E-state index in [1.807, 2.05) is 36.4 Å². The summed E-state index contributed by atoms with van der Waals surface area (Å²) in [6.07, 6.45) is 1.41. The number of nitrogens with zero attached hydrogens (tertiary/aromatic N) is 1. The van der Waals surface area contributed by atoms with Crippen LogP contribution < -0.4 is 15.5 Å². The van der Waals surface area contributed by atoms with Crippen LogP contribution in [0.3, 0.4) is 0 Å². The Bertz CT molecular complexity index is 1400. The van der Waals surface area contributed by atoms with Crippen LogP contribution in [0.5, 0.6) is 5.75 Å². The molecule has 35 heavy (non-hydrogen) atoms. The first-order chi connectivity index (χ1) is 17.0. The molecule has 0 bridgehead atoms. The number of carbonyl (C=O) groups is 3. The van der Waals surface area contributed by atoms with Crippen molar-refractivity contribution in [3.63, 3.8) is 0 Å². The number of rotatable bonds is 7. The van der Waals surface area contributed by atoms with E-state index < -0.39 is 17.8 Å². The quantitative estimate of drug-likeness (QED) is 0.173. The number of ether oxygens (including phenoxy) is 1. The molecule has 174 valence electrons. The van der Waals surface area contributed by atoms with Gasteiger partial charge in [0.2, 0.25) is 0 Å². The number of halogens is 1. The molecule has 0 saturated carbocycles. The van der Waals surface area contributed by atoms with E-state index in [4.69, 9.17) is 16.3 Å². The van der Waals surface area contributed by atoms with Gasteiger partial charge in [-0.1, -0.05) is 60.1 Å². The van der Waals surface area contributed by atoms with Crippen molar-refractivity contribution in [1.29, 1.82) is 0 Å². The number of hydrazone groups is 1. The van der Waals surface area contributed by atoms with Crippen LogP contribution in [0.15, 0.2) is 96.1 Å². The van der Waals surface area contributed by atoms with Gasteiger partial charge in [-0.15, -0.1) is 0 Å². The summed E-state index contributed by atoms with van der Waals surface area (Å²) >= 11 is 5.82. The predicted molar refractivity (Wildman–Crippen MR) is 135 cm³/mol. The van der Waals surface area contributed by atoms with Crippen LogP contribution in [-0.4, -0.2) is 30.5 Å². The van der Waals surface area contributed by atoms with Gasteiger partial charge >= 0.3 is 5.97 Å². The van der Waals surface area contributed by atoms with Crippen molar-refractivity contribution in [1.82, 2.24) is 10.7 Å². The van der Waals surface area contributed by atoms with Gasteiger partial charge in [0.25, 0.3) is 11.8 Å². The second-order valence-electron chi connectivity index (χ2n) is 7.44. The molecule has 0 aliphatic heterocycles. The predicted octanol–water partition coefficient (Wildman–Crippen LogP) is 4.59. The van der Waals surface area contributed by atoms with E-state index in [0.29, 0.717) is 27.5 Å². The lowest BCUT2D eigenvalue weighted by Crippen LogP contribution is -2.34. The van der Waals surface area contributed by atoms with Crippen LogP contribution in [0.25, 0.3) is 10.8 Å². The van der Waals surface area contributed by atoms with Gasteiger partial charge in [-0.2, -0.15) is 5.10 Å². The molecule has 0 atom stereocenters. The van der Waals surface area contributed by atoms with E-state index in [9.17, 15) is 14.4 Å². The van der Waals surface area contributed by atoms with E-state index in [1.165, 1.54) is 6.21 Å². The Labute approximate surface area is 206 Å². The van der Waals surface area contributed by atoms with Gasteiger partial charge in [0.05, 0.1) is 18.3 Å². The van der Waals surface area contributed by atoms with Gasteiger partial charge in [0, 0.05) is 16.1 Å². The summed E-state index contributed by atoms with van der Waals surface area (Å²) in [5.41, 5.74) is 3.70. The van der Waals surface area contributed by atoms with Crippen LogP contribution >= 0.6 is 11.6 Å². The highest BCUT2D eigenvalue weighted by Crippen LogP contribution is 2.27. The molecule has 0 aromatic heterocycles. The molecule has 2 amide bonds. The zero-order chi connectivity index (χ0) is 24.6. The molecule has 4 aromatic rings. The van der Waals surface area contributed by atoms with Crippen molar-refractivity contribution in [2.24, 2.45) is 5.10 Å². The van der Waals surface area contributed by atoms with Crippen LogP contribution in [0.4, 0.5) is 0 Å². The molecule has 7 nitrogen and oxygen atoms in total. The second kappa shape index (κ2) is 11.1. The molecule has 8 heteroatoms. The molecule has 0 aliphatic carbocycles. The summed E-state index contributed by atoms with van der Waals surface area (Å²) < 4.78 is 5.62. The molecule has 0 radical (unpaired) electrons. The summed E-state index contributed by atoms with van der Waals surface area (Å²) in [5, 5.41) is 8.74. The van der Waals surface area contributed by atoms with Crippen LogP contribution in [0, 0.1) is 0 Å².